The first-order chi connectivity index (χ1) is 16.4. The number of nitrogens with one attached hydrogen (secondary N) is 2. The van der Waals surface area contributed by atoms with Crippen molar-refractivity contribution >= 4 is 29.6 Å². The number of primary amides is 1. The Kier molecular flexibility index (Phi) is 9.54. The van der Waals surface area contributed by atoms with Crippen LogP contribution in [0.3, 0.4) is 0 Å². The van der Waals surface area contributed by atoms with Crippen LogP contribution in [-0.4, -0.2) is 86.6 Å². The Labute approximate surface area is 201 Å². The number of aromatic hydroxyl groups is 1. The number of carbonyl (C=O) groups is 5. The minimum absolute atomic E-state index is 0.0378. The van der Waals surface area contributed by atoms with Crippen molar-refractivity contribution in [2.75, 3.05) is 6.54 Å². The highest BCUT2D eigenvalue weighted by Crippen LogP contribution is 2.19. The topological polar surface area (TPSA) is 225 Å². The number of carbonyl (C=O) groups excluding carboxylic acids is 4. The number of hydrogen-bond donors (Lipinski definition) is 7. The van der Waals surface area contributed by atoms with Crippen LogP contribution in [0.1, 0.15) is 31.7 Å². The van der Waals surface area contributed by atoms with E-state index in [9.17, 15) is 39.3 Å². The molecule has 1 aliphatic rings. The summed E-state index contributed by atoms with van der Waals surface area (Å²) in [7, 11) is 0. The Bertz CT molecular complexity index is 952. The maximum Gasteiger partial charge on any atom is 0.326 e. The number of nitrogens with zero attached hydrogens (tertiary/aromatic N) is 1. The normalized spacial score (nSPS) is 18.7. The van der Waals surface area contributed by atoms with E-state index in [0.29, 0.717) is 12.0 Å². The van der Waals surface area contributed by atoms with E-state index in [-0.39, 0.29) is 25.1 Å². The van der Waals surface area contributed by atoms with Crippen molar-refractivity contribution in [2.45, 2.75) is 62.9 Å². The standard InChI is InChI=1S/C22H31N5O8/c1-11(28)18(21(33)27-8-2-3-16(27)22(34)35)26-20(32)15(10-17(24)30)25-19(31)14(23)9-12-4-6-13(29)7-5-12/h4-7,11,14-16,18,28-29H,2-3,8-10,23H2,1H3,(H2,24,30)(H,25,31)(H,26,32)(H,34,35). The second-order valence-corrected chi connectivity index (χ2v) is 8.46. The highest BCUT2D eigenvalue weighted by atomic mass is 16.4. The molecule has 0 spiro atoms. The molecule has 1 aromatic rings. The van der Waals surface area contributed by atoms with Crippen molar-refractivity contribution in [2.24, 2.45) is 11.5 Å². The van der Waals surface area contributed by atoms with E-state index in [0.717, 1.165) is 4.90 Å². The third-order valence-electron chi connectivity index (χ3n) is 5.63. The second kappa shape index (κ2) is 12.1. The van der Waals surface area contributed by atoms with Crippen molar-refractivity contribution in [3.05, 3.63) is 29.8 Å². The van der Waals surface area contributed by atoms with Crippen LogP contribution in [0.5, 0.6) is 5.75 Å². The molecule has 4 amide bonds. The Morgan fingerprint density at radius 1 is 1.11 bits per heavy atom. The van der Waals surface area contributed by atoms with Gasteiger partial charge in [0.25, 0.3) is 0 Å². The second-order valence-electron chi connectivity index (χ2n) is 8.46. The Morgan fingerprint density at radius 2 is 1.74 bits per heavy atom. The number of aliphatic hydroxyl groups excluding tert-OH is 1. The average Bonchev–Trinajstić information content (AvgIpc) is 3.27. The minimum Gasteiger partial charge on any atom is -0.508 e. The van der Waals surface area contributed by atoms with Crippen molar-refractivity contribution in [1.82, 2.24) is 15.5 Å². The quantitative estimate of drug-likeness (QED) is 0.174. The number of hydrogen-bond acceptors (Lipinski definition) is 8. The van der Waals surface area contributed by atoms with Gasteiger partial charge in [-0.3, -0.25) is 19.2 Å². The lowest BCUT2D eigenvalue weighted by Crippen LogP contribution is -2.60. The zero-order valence-electron chi connectivity index (χ0n) is 19.2. The van der Waals surface area contributed by atoms with Crippen molar-refractivity contribution in [3.63, 3.8) is 0 Å². The van der Waals surface area contributed by atoms with Crippen molar-refractivity contribution in [1.29, 1.82) is 0 Å². The highest BCUT2D eigenvalue weighted by Gasteiger charge is 2.40. The first-order valence-electron chi connectivity index (χ1n) is 11.0. The number of aliphatic carboxylic acids is 1. The average molecular weight is 494 g/mol. The number of likely N-dealkylation sites (tertiary alicyclic amines) is 1. The largest absolute Gasteiger partial charge is 0.508 e. The third kappa shape index (κ3) is 7.65. The van der Waals surface area contributed by atoms with Gasteiger partial charge in [0, 0.05) is 6.54 Å². The van der Waals surface area contributed by atoms with E-state index in [1.807, 2.05) is 0 Å². The number of benzene rings is 1. The summed E-state index contributed by atoms with van der Waals surface area (Å²) in [4.78, 5) is 62.4. The van der Waals surface area contributed by atoms with E-state index in [1.165, 1.54) is 19.1 Å². The fourth-order valence-electron chi connectivity index (χ4n) is 3.78. The maximum absolute atomic E-state index is 12.9. The van der Waals surface area contributed by atoms with E-state index >= 15 is 0 Å². The number of phenolic OH excluding ortho intramolecular Hbond substituents is 1. The van der Waals surface area contributed by atoms with Gasteiger partial charge in [-0.25, -0.2) is 4.79 Å². The van der Waals surface area contributed by atoms with Crippen LogP contribution in [0.15, 0.2) is 24.3 Å². The van der Waals surface area contributed by atoms with Gasteiger partial charge < -0.3 is 42.3 Å². The van der Waals surface area contributed by atoms with E-state index in [2.05, 4.69) is 10.6 Å². The molecule has 13 heteroatoms. The molecule has 0 bridgehead atoms. The van der Waals surface area contributed by atoms with Gasteiger partial charge in [0.15, 0.2) is 0 Å². The molecule has 5 unspecified atom stereocenters. The number of rotatable bonds is 11. The molecule has 0 radical (unpaired) electrons. The van der Waals surface area contributed by atoms with Gasteiger partial charge in [-0.1, -0.05) is 12.1 Å². The molecule has 0 aliphatic carbocycles. The zero-order chi connectivity index (χ0) is 26.3. The number of carboxylic acid groups (broad SMARTS) is 1. The summed E-state index contributed by atoms with van der Waals surface area (Å²) in [6.07, 6.45) is -1.25. The molecule has 0 aromatic heterocycles. The smallest absolute Gasteiger partial charge is 0.326 e. The van der Waals surface area contributed by atoms with Crippen LogP contribution >= 0.6 is 0 Å². The van der Waals surface area contributed by atoms with Crippen molar-refractivity contribution in [3.8, 4) is 5.75 Å². The highest BCUT2D eigenvalue weighted by molar-refractivity contribution is 5.96. The van der Waals surface area contributed by atoms with E-state index in [4.69, 9.17) is 11.5 Å². The molecule has 35 heavy (non-hydrogen) atoms. The molecule has 9 N–H and O–H groups in total. The molecular weight excluding hydrogens is 462 g/mol. The van der Waals surface area contributed by atoms with Crippen LogP contribution in [0, 0.1) is 0 Å². The third-order valence-corrected chi connectivity index (χ3v) is 5.63. The van der Waals surface area contributed by atoms with Gasteiger partial charge in [-0.05, 0) is 43.9 Å². The summed E-state index contributed by atoms with van der Waals surface area (Å²) in [5, 5.41) is 33.4. The van der Waals surface area contributed by atoms with Gasteiger partial charge in [0.1, 0.15) is 23.9 Å². The van der Waals surface area contributed by atoms with Gasteiger partial charge in [-0.2, -0.15) is 0 Å². The number of amides is 4. The predicted molar refractivity (Wildman–Crippen MR) is 122 cm³/mol. The number of carboxylic acids is 1. The summed E-state index contributed by atoms with van der Waals surface area (Å²) in [5.41, 5.74) is 11.8. The maximum atomic E-state index is 12.9. The summed E-state index contributed by atoms with van der Waals surface area (Å²) in [5.74, 6) is -4.62. The summed E-state index contributed by atoms with van der Waals surface area (Å²) >= 11 is 0. The van der Waals surface area contributed by atoms with Crippen LogP contribution in [0.25, 0.3) is 0 Å². The lowest BCUT2D eigenvalue weighted by atomic mass is 10.0. The monoisotopic (exact) mass is 493 g/mol. The molecule has 5 atom stereocenters. The van der Waals surface area contributed by atoms with Gasteiger partial charge >= 0.3 is 5.97 Å². The van der Waals surface area contributed by atoms with Gasteiger partial charge in [-0.15, -0.1) is 0 Å². The molecule has 1 heterocycles. The molecule has 1 fully saturated rings. The summed E-state index contributed by atoms with van der Waals surface area (Å²) in [6, 6.07) is 0.777. The van der Waals surface area contributed by atoms with Crippen LogP contribution in [0.2, 0.25) is 0 Å². The van der Waals surface area contributed by atoms with E-state index < -0.39 is 66.3 Å². The van der Waals surface area contributed by atoms with Crippen LogP contribution < -0.4 is 22.1 Å². The summed E-state index contributed by atoms with van der Waals surface area (Å²) in [6.45, 7) is 1.38. The predicted octanol–water partition coefficient (Wildman–Crippen LogP) is -2.44. The fourth-order valence-corrected chi connectivity index (χ4v) is 3.78. The van der Waals surface area contributed by atoms with Crippen LogP contribution in [0.4, 0.5) is 0 Å². The van der Waals surface area contributed by atoms with Crippen molar-refractivity contribution < 1.29 is 39.3 Å². The lowest BCUT2D eigenvalue weighted by molar-refractivity contribution is -0.150. The Balaban J connectivity index is 2.11. The first-order valence-corrected chi connectivity index (χ1v) is 11.0. The number of nitrogens with two attached hydrogens (primary N) is 2. The Morgan fingerprint density at radius 3 is 2.29 bits per heavy atom. The minimum atomic E-state index is -1.51. The molecule has 2 rings (SSSR count). The number of phenols is 1. The van der Waals surface area contributed by atoms with Gasteiger partial charge in [0.05, 0.1) is 18.6 Å². The van der Waals surface area contributed by atoms with E-state index in [1.54, 1.807) is 12.1 Å². The first kappa shape index (κ1) is 27.5. The van der Waals surface area contributed by atoms with Gasteiger partial charge in [0.2, 0.25) is 23.6 Å². The number of aliphatic hydroxyl groups is 1. The molecule has 13 nitrogen and oxygen atoms in total. The molecule has 1 aromatic carbocycles. The Hall–Kier alpha value is -3.71. The molecule has 1 saturated heterocycles. The molecular formula is C22H31N5O8. The van der Waals surface area contributed by atoms with Crippen LogP contribution in [-0.2, 0) is 30.4 Å². The molecule has 0 saturated carbocycles. The SMILES string of the molecule is CC(O)C(NC(=O)C(CC(N)=O)NC(=O)C(N)Cc1ccc(O)cc1)C(=O)N1CCCC1C(=O)O. The molecule has 192 valence electrons. The lowest BCUT2D eigenvalue weighted by Gasteiger charge is -2.30. The zero-order valence-corrected chi connectivity index (χ0v) is 19.2. The summed E-state index contributed by atoms with van der Waals surface area (Å²) < 4.78 is 0. The fraction of sp³-hybridized carbons (Fsp3) is 0.500. The molecule has 1 aliphatic heterocycles.